The van der Waals surface area contributed by atoms with Crippen molar-refractivity contribution in [2.24, 2.45) is 0 Å². The van der Waals surface area contributed by atoms with Crippen LogP contribution in [0.25, 0.3) is 0 Å². The number of carbonyl (C=O) groups excluding carboxylic acids is 1. The minimum absolute atomic E-state index is 0.0469. The third-order valence-electron chi connectivity index (χ3n) is 1.83. The average molecular weight is 256 g/mol. The summed E-state index contributed by atoms with van der Waals surface area (Å²) in [4.78, 5) is 21.7. The molecule has 0 aliphatic carbocycles. The number of aliphatic hydroxyl groups is 2. The zero-order valence-electron chi connectivity index (χ0n) is 10.2. The Morgan fingerprint density at radius 3 is 2.06 bits per heavy atom. The Bertz CT molecular complexity index is 399. The maximum atomic E-state index is 11.1. The summed E-state index contributed by atoms with van der Waals surface area (Å²) in [6, 6.07) is 5.90. The minimum Gasteiger partial charge on any atom is -0.478 e. The van der Waals surface area contributed by atoms with E-state index in [0.717, 1.165) is 0 Å². The number of rotatable bonds is 3. The second-order valence-corrected chi connectivity index (χ2v) is 3.37. The van der Waals surface area contributed by atoms with E-state index in [1.54, 1.807) is 12.1 Å². The highest BCUT2D eigenvalue weighted by Crippen LogP contribution is 2.09. The number of carboxylic acid groups (broad SMARTS) is 1. The molecule has 1 aromatic carbocycles. The molecular weight excluding hydrogens is 240 g/mol. The van der Waals surface area contributed by atoms with E-state index in [1.165, 1.54) is 26.2 Å². The van der Waals surface area contributed by atoms with Crippen molar-refractivity contribution in [3.05, 3.63) is 35.4 Å². The zero-order valence-corrected chi connectivity index (χ0v) is 10.2. The molecule has 1 unspecified atom stereocenters. The van der Waals surface area contributed by atoms with Gasteiger partial charge in [-0.1, -0.05) is 12.1 Å². The summed E-state index contributed by atoms with van der Waals surface area (Å²) >= 11 is 0. The lowest BCUT2D eigenvalue weighted by molar-refractivity contribution is 0.0582. The van der Waals surface area contributed by atoms with E-state index in [0.29, 0.717) is 0 Å². The molecule has 6 heteroatoms. The molecule has 6 nitrogen and oxygen atoms in total. The molecule has 0 aromatic heterocycles. The second kappa shape index (κ2) is 8.21. The fourth-order valence-electron chi connectivity index (χ4n) is 0.958. The van der Waals surface area contributed by atoms with Crippen LogP contribution < -0.4 is 0 Å². The summed E-state index contributed by atoms with van der Waals surface area (Å²) in [5, 5.41) is 24.7. The molecule has 0 spiro atoms. The lowest BCUT2D eigenvalue weighted by Crippen LogP contribution is -2.09. The first-order valence-corrected chi connectivity index (χ1v) is 5.13. The van der Waals surface area contributed by atoms with Crippen molar-refractivity contribution in [1.29, 1.82) is 0 Å². The molecule has 100 valence electrons. The summed E-state index contributed by atoms with van der Waals surface area (Å²) in [5.74, 6) is -1.78. The number of methoxy groups -OCH3 is 1. The maximum Gasteiger partial charge on any atom is 0.338 e. The van der Waals surface area contributed by atoms with E-state index in [2.05, 4.69) is 4.74 Å². The summed E-state index contributed by atoms with van der Waals surface area (Å²) < 4.78 is 4.42. The number of carbonyl (C=O) groups is 2. The number of hydrogen-bond acceptors (Lipinski definition) is 5. The van der Waals surface area contributed by atoms with Crippen molar-refractivity contribution in [3.8, 4) is 0 Å². The first-order chi connectivity index (χ1) is 8.43. The molecule has 0 aliphatic heterocycles. The van der Waals surface area contributed by atoms with Crippen LogP contribution in [-0.4, -0.2) is 47.1 Å². The summed E-state index contributed by atoms with van der Waals surface area (Å²) in [6.07, 6.45) is -0.560. The van der Waals surface area contributed by atoms with Crippen molar-refractivity contribution < 1.29 is 29.6 Å². The molecule has 0 heterocycles. The van der Waals surface area contributed by atoms with Gasteiger partial charge in [-0.25, -0.2) is 9.59 Å². The highest BCUT2D eigenvalue weighted by molar-refractivity contribution is 6.02. The van der Waals surface area contributed by atoms with Crippen LogP contribution in [0.5, 0.6) is 0 Å². The fraction of sp³-hybridized carbons (Fsp3) is 0.333. The third-order valence-corrected chi connectivity index (χ3v) is 1.83. The maximum absolute atomic E-state index is 11.1. The van der Waals surface area contributed by atoms with Crippen molar-refractivity contribution >= 4 is 11.9 Å². The van der Waals surface area contributed by atoms with Crippen LogP contribution in [0, 0.1) is 0 Å². The van der Waals surface area contributed by atoms with Gasteiger partial charge in [0.1, 0.15) is 0 Å². The highest BCUT2D eigenvalue weighted by Gasteiger charge is 2.15. The molecule has 0 saturated carbocycles. The first kappa shape index (κ1) is 16.1. The van der Waals surface area contributed by atoms with Gasteiger partial charge in [0.2, 0.25) is 0 Å². The smallest absolute Gasteiger partial charge is 0.338 e. The molecule has 18 heavy (non-hydrogen) atoms. The van der Waals surface area contributed by atoms with E-state index >= 15 is 0 Å². The first-order valence-electron chi connectivity index (χ1n) is 5.13. The van der Waals surface area contributed by atoms with E-state index in [9.17, 15) is 9.59 Å². The topological polar surface area (TPSA) is 104 Å². The van der Waals surface area contributed by atoms with Gasteiger partial charge >= 0.3 is 11.9 Å². The van der Waals surface area contributed by atoms with Crippen molar-refractivity contribution in [2.75, 3.05) is 13.7 Å². The zero-order chi connectivity index (χ0) is 14.1. The number of carboxylic acids is 1. The molecule has 0 fully saturated rings. The number of aliphatic hydroxyl groups excluding tert-OH is 2. The van der Waals surface area contributed by atoms with Crippen LogP contribution in [0.3, 0.4) is 0 Å². The molecule has 0 aliphatic rings. The highest BCUT2D eigenvalue weighted by atomic mass is 16.5. The lowest BCUT2D eigenvalue weighted by Gasteiger charge is -2.02. The van der Waals surface area contributed by atoms with E-state index in [-0.39, 0.29) is 17.7 Å². The molecule has 1 rings (SSSR count). The van der Waals surface area contributed by atoms with Gasteiger partial charge < -0.3 is 20.1 Å². The molecule has 0 bridgehead atoms. The molecular formula is C12H16O6. The van der Waals surface area contributed by atoms with Gasteiger partial charge in [-0.2, -0.15) is 0 Å². The van der Waals surface area contributed by atoms with Gasteiger partial charge in [0, 0.05) is 0 Å². The average Bonchev–Trinajstić information content (AvgIpc) is 2.38. The normalized spacial score (nSPS) is 10.9. The number of aromatic carboxylic acids is 1. The quantitative estimate of drug-likeness (QED) is 0.681. The molecule has 1 atom stereocenters. The van der Waals surface area contributed by atoms with Gasteiger partial charge in [-0.05, 0) is 19.1 Å². The van der Waals surface area contributed by atoms with Crippen LogP contribution in [0.2, 0.25) is 0 Å². The Kier molecular flexibility index (Phi) is 7.34. The Labute approximate surface area is 104 Å². The SMILES string of the molecule is CC(O)CO.COC(=O)c1ccccc1C(=O)O. The predicted molar refractivity (Wildman–Crippen MR) is 63.5 cm³/mol. The molecule has 1 aromatic rings. The van der Waals surface area contributed by atoms with Crippen LogP contribution in [0.15, 0.2) is 24.3 Å². The number of ether oxygens (including phenoxy) is 1. The Morgan fingerprint density at radius 2 is 1.72 bits per heavy atom. The Balaban J connectivity index is 0.000000494. The van der Waals surface area contributed by atoms with Gasteiger partial charge in [0.15, 0.2) is 0 Å². The monoisotopic (exact) mass is 256 g/mol. The standard InChI is InChI=1S/C9H8O4.C3H8O2/c1-13-9(12)7-5-3-2-4-6(7)8(10)11;1-3(5)2-4/h2-5H,1H3,(H,10,11);3-5H,2H2,1H3. The van der Waals surface area contributed by atoms with Gasteiger partial charge in [-0.15, -0.1) is 0 Å². The number of benzene rings is 1. The second-order valence-electron chi connectivity index (χ2n) is 3.37. The Hall–Kier alpha value is -1.92. The summed E-state index contributed by atoms with van der Waals surface area (Å²) in [5.41, 5.74) is 0.0202. The summed E-state index contributed by atoms with van der Waals surface area (Å²) in [7, 11) is 1.21. The van der Waals surface area contributed by atoms with Crippen LogP contribution >= 0.6 is 0 Å². The molecule has 0 amide bonds. The van der Waals surface area contributed by atoms with E-state index in [4.69, 9.17) is 15.3 Å². The fourth-order valence-corrected chi connectivity index (χ4v) is 0.958. The lowest BCUT2D eigenvalue weighted by atomic mass is 10.1. The number of esters is 1. The number of hydrogen-bond donors (Lipinski definition) is 3. The predicted octanol–water partition coefficient (Wildman–Crippen LogP) is 0.531. The van der Waals surface area contributed by atoms with Crippen LogP contribution in [0.4, 0.5) is 0 Å². The van der Waals surface area contributed by atoms with Crippen LogP contribution in [-0.2, 0) is 4.74 Å². The van der Waals surface area contributed by atoms with Crippen molar-refractivity contribution in [2.45, 2.75) is 13.0 Å². The van der Waals surface area contributed by atoms with Gasteiger partial charge in [0.05, 0.1) is 30.9 Å². The largest absolute Gasteiger partial charge is 0.478 e. The summed E-state index contributed by atoms with van der Waals surface area (Å²) in [6.45, 7) is 1.39. The van der Waals surface area contributed by atoms with Gasteiger partial charge in [-0.3, -0.25) is 0 Å². The van der Waals surface area contributed by atoms with E-state index in [1.807, 2.05) is 0 Å². The Morgan fingerprint density at radius 1 is 1.28 bits per heavy atom. The van der Waals surface area contributed by atoms with Crippen molar-refractivity contribution in [3.63, 3.8) is 0 Å². The third kappa shape index (κ3) is 5.42. The molecule has 0 radical (unpaired) electrons. The van der Waals surface area contributed by atoms with Crippen LogP contribution in [0.1, 0.15) is 27.6 Å². The van der Waals surface area contributed by atoms with Gasteiger partial charge in [0.25, 0.3) is 0 Å². The molecule has 0 saturated heterocycles. The minimum atomic E-state index is -1.14. The van der Waals surface area contributed by atoms with Crippen molar-refractivity contribution in [1.82, 2.24) is 0 Å². The molecule has 3 N–H and O–H groups in total. The van der Waals surface area contributed by atoms with E-state index < -0.39 is 18.0 Å².